The molecule has 1 amide bonds. The van der Waals surface area contributed by atoms with Crippen molar-refractivity contribution >= 4 is 23.3 Å². The first-order valence-electron chi connectivity index (χ1n) is 9.58. The van der Waals surface area contributed by atoms with Crippen LogP contribution in [0.4, 0.5) is 11.7 Å². The summed E-state index contributed by atoms with van der Waals surface area (Å²) < 4.78 is 4.84. The predicted molar refractivity (Wildman–Crippen MR) is 111 cm³/mol. The van der Waals surface area contributed by atoms with Gasteiger partial charge in [0, 0.05) is 5.56 Å². The molecule has 0 unspecified atom stereocenters. The first-order valence-corrected chi connectivity index (χ1v) is 9.58. The number of aromatic hydroxyl groups is 1. The van der Waals surface area contributed by atoms with Gasteiger partial charge in [0.05, 0.1) is 17.9 Å². The van der Waals surface area contributed by atoms with Crippen molar-refractivity contribution in [2.75, 3.05) is 30.7 Å². The van der Waals surface area contributed by atoms with Crippen molar-refractivity contribution in [1.29, 1.82) is 0 Å². The average Bonchev–Trinajstić information content (AvgIpc) is 3.18. The maximum absolute atomic E-state index is 12.2. The van der Waals surface area contributed by atoms with Gasteiger partial charge in [-0.05, 0) is 61.7 Å². The number of dihydropyridines is 1. The number of benzene rings is 1. The molecule has 1 aromatic heterocycles. The third-order valence-electron chi connectivity index (χ3n) is 5.02. The van der Waals surface area contributed by atoms with Gasteiger partial charge in [0.2, 0.25) is 0 Å². The Morgan fingerprint density at radius 2 is 2.14 bits per heavy atom. The number of carbonyl (C=O) groups is 1. The normalized spacial score (nSPS) is 18.6. The van der Waals surface area contributed by atoms with Gasteiger partial charge in [-0.25, -0.2) is 0 Å². The molecule has 2 aliphatic heterocycles. The molecular weight excluding hydrogens is 370 g/mol. The highest BCUT2D eigenvalue weighted by Crippen LogP contribution is 2.26. The van der Waals surface area contributed by atoms with Crippen LogP contribution >= 0.6 is 0 Å². The molecule has 5 N–H and O–H groups in total. The molecule has 0 spiro atoms. The van der Waals surface area contributed by atoms with Gasteiger partial charge in [-0.15, -0.1) is 0 Å². The van der Waals surface area contributed by atoms with E-state index < -0.39 is 5.91 Å². The summed E-state index contributed by atoms with van der Waals surface area (Å²) in [5, 5.41) is 16.1. The lowest BCUT2D eigenvalue weighted by Gasteiger charge is -2.20. The molecule has 29 heavy (non-hydrogen) atoms. The van der Waals surface area contributed by atoms with Gasteiger partial charge in [-0.1, -0.05) is 12.2 Å². The SMILES string of the molecule is Nc1nc(C(=O)Nc2cc(C3=NC/C(=C/C4CCNCC4)C=C3)ccc2O)co1. The molecule has 4 rings (SSSR count). The fourth-order valence-electron chi connectivity index (χ4n) is 3.45. The third-order valence-corrected chi connectivity index (χ3v) is 5.02. The minimum absolute atomic E-state index is 0.0369. The molecule has 1 saturated heterocycles. The number of carbonyl (C=O) groups excluding carboxylic acids is 1. The number of nitrogen functional groups attached to an aromatic ring is 1. The highest BCUT2D eigenvalue weighted by Gasteiger charge is 2.16. The van der Waals surface area contributed by atoms with E-state index in [1.54, 1.807) is 12.1 Å². The van der Waals surface area contributed by atoms with Crippen molar-refractivity contribution in [1.82, 2.24) is 10.3 Å². The number of oxazole rings is 1. The molecule has 150 valence electrons. The van der Waals surface area contributed by atoms with Crippen LogP contribution in [0.3, 0.4) is 0 Å². The van der Waals surface area contributed by atoms with Crippen molar-refractivity contribution in [3.05, 3.63) is 59.5 Å². The summed E-state index contributed by atoms with van der Waals surface area (Å²) in [6.45, 7) is 2.75. The Bertz CT molecular complexity index is 999. The minimum atomic E-state index is -0.522. The van der Waals surface area contributed by atoms with E-state index in [2.05, 4.69) is 32.8 Å². The van der Waals surface area contributed by atoms with E-state index in [4.69, 9.17) is 10.2 Å². The van der Waals surface area contributed by atoms with Crippen molar-refractivity contribution in [2.24, 2.45) is 10.9 Å². The van der Waals surface area contributed by atoms with E-state index in [1.165, 1.54) is 11.6 Å². The van der Waals surface area contributed by atoms with E-state index in [0.29, 0.717) is 12.5 Å². The molecule has 0 aliphatic carbocycles. The number of phenols is 1. The summed E-state index contributed by atoms with van der Waals surface area (Å²) in [7, 11) is 0. The Morgan fingerprint density at radius 3 is 2.83 bits per heavy atom. The molecule has 0 saturated carbocycles. The van der Waals surface area contributed by atoms with Crippen LogP contribution in [0.1, 0.15) is 28.9 Å². The van der Waals surface area contributed by atoms with Crippen molar-refractivity contribution in [3.8, 4) is 5.75 Å². The number of amides is 1. The van der Waals surface area contributed by atoms with E-state index in [-0.39, 0.29) is 23.1 Å². The molecule has 0 bridgehead atoms. The summed E-state index contributed by atoms with van der Waals surface area (Å²) in [5.41, 5.74) is 8.51. The number of rotatable bonds is 4. The zero-order valence-corrected chi connectivity index (χ0v) is 15.9. The van der Waals surface area contributed by atoms with Crippen molar-refractivity contribution in [2.45, 2.75) is 12.8 Å². The summed E-state index contributed by atoms with van der Waals surface area (Å²) in [5.74, 6) is 0.0327. The number of anilines is 2. The van der Waals surface area contributed by atoms with Gasteiger partial charge in [0.15, 0.2) is 5.69 Å². The lowest BCUT2D eigenvalue weighted by atomic mass is 9.94. The maximum atomic E-state index is 12.2. The van der Waals surface area contributed by atoms with Crippen LogP contribution in [-0.2, 0) is 0 Å². The smallest absolute Gasteiger partial charge is 0.292 e. The number of aromatic nitrogens is 1. The fraction of sp³-hybridized carbons (Fsp3) is 0.286. The second-order valence-electron chi connectivity index (χ2n) is 7.12. The Balaban J connectivity index is 1.47. The topological polar surface area (TPSA) is 126 Å². The molecule has 3 heterocycles. The molecule has 2 aliphatic rings. The molecular formula is C21H23N5O3. The average molecular weight is 393 g/mol. The highest BCUT2D eigenvalue weighted by atomic mass is 16.4. The predicted octanol–water partition coefficient (Wildman–Crippen LogP) is 2.50. The monoisotopic (exact) mass is 393 g/mol. The fourth-order valence-corrected chi connectivity index (χ4v) is 3.45. The van der Waals surface area contributed by atoms with Gasteiger partial charge in [-0.2, -0.15) is 4.98 Å². The molecule has 8 heteroatoms. The Hall–Kier alpha value is -3.39. The summed E-state index contributed by atoms with van der Waals surface area (Å²) >= 11 is 0. The molecule has 8 nitrogen and oxygen atoms in total. The van der Waals surface area contributed by atoms with Gasteiger partial charge >= 0.3 is 0 Å². The van der Waals surface area contributed by atoms with Crippen molar-refractivity contribution < 1.29 is 14.3 Å². The van der Waals surface area contributed by atoms with Gasteiger partial charge < -0.3 is 25.9 Å². The molecule has 0 radical (unpaired) electrons. The number of hydrogen-bond acceptors (Lipinski definition) is 7. The standard InChI is InChI=1S/C21H23N5O3/c22-21-26-18(12-29-21)20(28)25-17-10-15(2-4-19(17)27)16-3-1-14(11-24-16)9-13-5-7-23-8-6-13/h1-4,9-10,12-13,23,27H,5-8,11H2,(H2,22,26)(H,25,28)/b14-9+. The molecule has 0 atom stereocenters. The third kappa shape index (κ3) is 4.55. The zero-order valence-electron chi connectivity index (χ0n) is 15.9. The summed E-state index contributed by atoms with van der Waals surface area (Å²) in [6.07, 6.45) is 9.86. The maximum Gasteiger partial charge on any atom is 0.292 e. The number of piperidine rings is 1. The van der Waals surface area contributed by atoms with Crippen LogP contribution in [0.2, 0.25) is 0 Å². The Labute approximate surface area is 168 Å². The summed E-state index contributed by atoms with van der Waals surface area (Å²) in [6, 6.07) is 4.88. The van der Waals surface area contributed by atoms with E-state index in [0.717, 1.165) is 43.5 Å². The Morgan fingerprint density at radius 1 is 1.31 bits per heavy atom. The number of allylic oxidation sites excluding steroid dienone is 2. The van der Waals surface area contributed by atoms with Crippen LogP contribution in [-0.4, -0.2) is 41.3 Å². The van der Waals surface area contributed by atoms with E-state index >= 15 is 0 Å². The quantitative estimate of drug-likeness (QED) is 0.591. The second kappa shape index (κ2) is 8.32. The van der Waals surface area contributed by atoms with Gasteiger partial charge in [-0.3, -0.25) is 9.79 Å². The van der Waals surface area contributed by atoms with E-state index in [1.807, 2.05) is 6.08 Å². The first-order chi connectivity index (χ1) is 14.1. The lowest BCUT2D eigenvalue weighted by molar-refractivity contribution is 0.102. The molecule has 1 fully saturated rings. The highest BCUT2D eigenvalue weighted by molar-refractivity contribution is 6.11. The number of nitrogens with two attached hydrogens (primary N) is 1. The van der Waals surface area contributed by atoms with Crippen LogP contribution in [0.25, 0.3) is 0 Å². The number of aliphatic imine (C=N–C) groups is 1. The van der Waals surface area contributed by atoms with Crippen molar-refractivity contribution in [3.63, 3.8) is 0 Å². The van der Waals surface area contributed by atoms with Crippen LogP contribution in [0.5, 0.6) is 5.75 Å². The second-order valence-corrected chi connectivity index (χ2v) is 7.12. The number of phenolic OH excluding ortho intramolecular Hbond substituents is 1. The lowest BCUT2D eigenvalue weighted by Crippen LogP contribution is -2.27. The first kappa shape index (κ1) is 18.9. The summed E-state index contributed by atoms with van der Waals surface area (Å²) in [4.78, 5) is 20.7. The largest absolute Gasteiger partial charge is 0.506 e. The zero-order chi connectivity index (χ0) is 20.2. The Kier molecular flexibility index (Phi) is 5.44. The van der Waals surface area contributed by atoms with Crippen LogP contribution in [0, 0.1) is 5.92 Å². The minimum Gasteiger partial charge on any atom is -0.506 e. The van der Waals surface area contributed by atoms with E-state index in [9.17, 15) is 9.90 Å². The molecule has 2 aromatic rings. The number of nitrogens with one attached hydrogen (secondary N) is 2. The number of nitrogens with zero attached hydrogens (tertiary/aromatic N) is 2. The molecule has 1 aromatic carbocycles. The van der Waals surface area contributed by atoms with Crippen LogP contribution in [0.15, 0.2) is 57.7 Å². The van der Waals surface area contributed by atoms with Gasteiger partial charge in [0.1, 0.15) is 12.0 Å². The van der Waals surface area contributed by atoms with Crippen LogP contribution < -0.4 is 16.4 Å². The number of hydrogen-bond donors (Lipinski definition) is 4. The van der Waals surface area contributed by atoms with Gasteiger partial charge in [0.25, 0.3) is 11.9 Å².